The van der Waals surface area contributed by atoms with Gasteiger partial charge in [-0.3, -0.25) is 4.79 Å². The molecule has 1 aliphatic heterocycles. The Morgan fingerprint density at radius 2 is 1.73 bits per heavy atom. The van der Waals surface area contributed by atoms with Gasteiger partial charge in [-0.25, -0.2) is 4.98 Å². The molecule has 0 spiro atoms. The van der Waals surface area contributed by atoms with Crippen molar-refractivity contribution in [2.75, 3.05) is 13.2 Å². The summed E-state index contributed by atoms with van der Waals surface area (Å²) in [6.07, 6.45) is 1.03. The van der Waals surface area contributed by atoms with Gasteiger partial charge in [-0.15, -0.1) is 0 Å². The zero-order chi connectivity index (χ0) is 22.6. The maximum absolute atomic E-state index is 11.2. The Morgan fingerprint density at radius 1 is 1.00 bits per heavy atom. The van der Waals surface area contributed by atoms with E-state index in [0.29, 0.717) is 36.8 Å². The Kier molecular flexibility index (Phi) is 5.81. The highest BCUT2D eigenvalue weighted by atomic mass is 16.5. The highest BCUT2D eigenvalue weighted by molar-refractivity contribution is 5.71. The molecule has 0 saturated carbocycles. The fourth-order valence-corrected chi connectivity index (χ4v) is 3.91. The number of nitrogens with zero attached hydrogens (tertiary/aromatic N) is 1. The van der Waals surface area contributed by atoms with Crippen LogP contribution >= 0.6 is 0 Å². The molecule has 4 aromatic rings. The molecule has 3 aromatic carbocycles. The van der Waals surface area contributed by atoms with Crippen LogP contribution in [0.1, 0.15) is 11.3 Å². The molecule has 0 saturated heterocycles. The number of ether oxygens (including phenoxy) is 2. The molecular weight excluding hydrogens is 418 g/mol. The van der Waals surface area contributed by atoms with Crippen LogP contribution in [0.3, 0.4) is 0 Å². The first-order valence-corrected chi connectivity index (χ1v) is 10.9. The van der Waals surface area contributed by atoms with Crippen LogP contribution in [-0.4, -0.2) is 29.3 Å². The second kappa shape index (κ2) is 9.20. The van der Waals surface area contributed by atoms with Crippen LogP contribution in [0.4, 0.5) is 0 Å². The Bertz CT molecular complexity index is 1250. The lowest BCUT2D eigenvalue weighted by Gasteiger charge is -2.23. The van der Waals surface area contributed by atoms with Gasteiger partial charge >= 0.3 is 5.97 Å². The lowest BCUT2D eigenvalue weighted by Crippen LogP contribution is -2.27. The van der Waals surface area contributed by atoms with Crippen molar-refractivity contribution in [3.05, 3.63) is 90.1 Å². The summed E-state index contributed by atoms with van der Waals surface area (Å²) in [5, 5.41) is 9.20. The van der Waals surface area contributed by atoms with Crippen LogP contribution in [0.15, 0.2) is 83.3 Å². The number of oxazole rings is 1. The first-order chi connectivity index (χ1) is 16.2. The van der Waals surface area contributed by atoms with Gasteiger partial charge in [0.05, 0.1) is 18.2 Å². The minimum Gasteiger partial charge on any atom is -0.493 e. The van der Waals surface area contributed by atoms with Crippen LogP contribution in [0.5, 0.6) is 11.5 Å². The SMILES string of the molecule is O=C(O)C1COc2cc(OCCc3nc(-c4ccccc4)oc3-c3ccccc3)ccc2C1. The topological polar surface area (TPSA) is 81.8 Å². The standard InChI is InChI=1S/C27H23NO5/c29-27(30)21-15-20-11-12-22(16-24(20)32-17-21)31-14-13-23-25(18-7-3-1-4-8-18)33-26(28-23)19-9-5-2-6-10-19/h1-12,16,21H,13-15,17H2,(H,29,30). The van der Waals surface area contributed by atoms with Crippen LogP contribution in [0.2, 0.25) is 0 Å². The van der Waals surface area contributed by atoms with E-state index in [-0.39, 0.29) is 6.61 Å². The number of hydrogen-bond acceptors (Lipinski definition) is 5. The number of carboxylic acids is 1. The predicted molar refractivity (Wildman–Crippen MR) is 123 cm³/mol. The monoisotopic (exact) mass is 441 g/mol. The number of aliphatic carboxylic acids is 1. The quantitative estimate of drug-likeness (QED) is 0.421. The molecule has 0 radical (unpaired) electrons. The highest BCUT2D eigenvalue weighted by Crippen LogP contribution is 2.32. The number of carbonyl (C=O) groups is 1. The summed E-state index contributed by atoms with van der Waals surface area (Å²) < 4.78 is 17.8. The van der Waals surface area contributed by atoms with Crippen molar-refractivity contribution in [1.82, 2.24) is 4.98 Å². The third kappa shape index (κ3) is 4.60. The molecule has 6 nitrogen and oxygen atoms in total. The van der Waals surface area contributed by atoms with E-state index in [1.165, 1.54) is 0 Å². The zero-order valence-electron chi connectivity index (χ0n) is 17.9. The summed E-state index contributed by atoms with van der Waals surface area (Å²) in [5.41, 5.74) is 3.61. The molecule has 0 bridgehead atoms. The Morgan fingerprint density at radius 3 is 2.45 bits per heavy atom. The summed E-state index contributed by atoms with van der Waals surface area (Å²) in [6, 6.07) is 25.3. The fourth-order valence-electron chi connectivity index (χ4n) is 3.91. The molecule has 0 aliphatic carbocycles. The average Bonchev–Trinajstić information content (AvgIpc) is 3.29. The van der Waals surface area contributed by atoms with Crippen LogP contribution in [-0.2, 0) is 17.6 Å². The Balaban J connectivity index is 1.32. The molecule has 166 valence electrons. The third-order valence-corrected chi connectivity index (χ3v) is 5.66. The lowest BCUT2D eigenvalue weighted by atomic mass is 9.97. The van der Waals surface area contributed by atoms with Crippen molar-refractivity contribution in [2.24, 2.45) is 5.92 Å². The van der Waals surface area contributed by atoms with Gasteiger partial charge in [-0.1, -0.05) is 54.6 Å². The van der Waals surface area contributed by atoms with E-state index in [0.717, 1.165) is 28.1 Å². The van der Waals surface area contributed by atoms with E-state index < -0.39 is 11.9 Å². The van der Waals surface area contributed by atoms with E-state index in [4.69, 9.17) is 18.9 Å². The van der Waals surface area contributed by atoms with Crippen molar-refractivity contribution in [2.45, 2.75) is 12.8 Å². The molecule has 1 atom stereocenters. The van der Waals surface area contributed by atoms with Crippen molar-refractivity contribution in [1.29, 1.82) is 0 Å². The van der Waals surface area contributed by atoms with Crippen molar-refractivity contribution in [3.63, 3.8) is 0 Å². The predicted octanol–water partition coefficient (Wildman–Crippen LogP) is 5.27. The minimum atomic E-state index is -0.835. The van der Waals surface area contributed by atoms with Crippen LogP contribution in [0, 0.1) is 5.92 Å². The molecule has 1 unspecified atom stereocenters. The molecule has 0 fully saturated rings. The molecular formula is C27H23NO5. The van der Waals surface area contributed by atoms with Gasteiger partial charge in [-0.05, 0) is 30.2 Å². The minimum absolute atomic E-state index is 0.174. The second-order valence-electron chi connectivity index (χ2n) is 7.95. The molecule has 33 heavy (non-hydrogen) atoms. The number of hydrogen-bond donors (Lipinski definition) is 1. The average molecular weight is 441 g/mol. The normalized spacial score (nSPS) is 14.8. The Hall–Kier alpha value is -4.06. The third-order valence-electron chi connectivity index (χ3n) is 5.66. The van der Waals surface area contributed by atoms with E-state index in [9.17, 15) is 9.90 Å². The smallest absolute Gasteiger partial charge is 0.310 e. The van der Waals surface area contributed by atoms with Gasteiger partial charge in [0, 0.05) is 23.6 Å². The van der Waals surface area contributed by atoms with Gasteiger partial charge in [0.25, 0.3) is 0 Å². The molecule has 2 heterocycles. The number of rotatable bonds is 7. The first kappa shape index (κ1) is 20.8. The summed E-state index contributed by atoms with van der Waals surface area (Å²) in [7, 11) is 0. The van der Waals surface area contributed by atoms with Gasteiger partial charge in [0.1, 0.15) is 18.1 Å². The molecule has 6 heteroatoms. The largest absolute Gasteiger partial charge is 0.493 e. The summed E-state index contributed by atoms with van der Waals surface area (Å²) in [6.45, 7) is 0.588. The number of fused-ring (bicyclic) bond motifs is 1. The van der Waals surface area contributed by atoms with Crippen LogP contribution in [0.25, 0.3) is 22.8 Å². The van der Waals surface area contributed by atoms with E-state index in [1.807, 2.05) is 78.9 Å². The molecule has 0 amide bonds. The maximum atomic E-state index is 11.2. The molecule has 1 N–H and O–H groups in total. The summed E-state index contributed by atoms with van der Waals surface area (Å²) >= 11 is 0. The van der Waals surface area contributed by atoms with E-state index >= 15 is 0 Å². The first-order valence-electron chi connectivity index (χ1n) is 10.9. The van der Waals surface area contributed by atoms with Crippen molar-refractivity contribution < 1.29 is 23.8 Å². The molecule has 1 aliphatic rings. The maximum Gasteiger partial charge on any atom is 0.310 e. The van der Waals surface area contributed by atoms with Gasteiger partial charge in [0.15, 0.2) is 5.76 Å². The van der Waals surface area contributed by atoms with E-state index in [2.05, 4.69) is 0 Å². The Labute approximate surface area is 191 Å². The summed E-state index contributed by atoms with van der Waals surface area (Å²) in [5.74, 6) is 1.34. The van der Waals surface area contributed by atoms with Crippen molar-refractivity contribution >= 4 is 5.97 Å². The number of aromatic nitrogens is 1. The van der Waals surface area contributed by atoms with Crippen LogP contribution < -0.4 is 9.47 Å². The zero-order valence-corrected chi connectivity index (χ0v) is 17.9. The fraction of sp³-hybridized carbons (Fsp3) is 0.185. The highest BCUT2D eigenvalue weighted by Gasteiger charge is 2.26. The summed E-state index contributed by atoms with van der Waals surface area (Å²) in [4.78, 5) is 16.0. The molecule has 5 rings (SSSR count). The number of benzene rings is 3. The second-order valence-corrected chi connectivity index (χ2v) is 7.95. The van der Waals surface area contributed by atoms with Crippen molar-refractivity contribution in [3.8, 4) is 34.3 Å². The van der Waals surface area contributed by atoms with Gasteiger partial charge in [0.2, 0.25) is 5.89 Å². The van der Waals surface area contributed by atoms with E-state index in [1.54, 1.807) is 0 Å². The van der Waals surface area contributed by atoms with Gasteiger partial charge in [-0.2, -0.15) is 0 Å². The lowest BCUT2D eigenvalue weighted by molar-refractivity contribution is -0.143. The number of carboxylic acid groups (broad SMARTS) is 1. The molecule has 1 aromatic heterocycles. The van der Waals surface area contributed by atoms with Gasteiger partial charge < -0.3 is 19.0 Å².